The molecule has 2 N–H and O–H groups in total. The lowest BCUT2D eigenvalue weighted by molar-refractivity contribution is 0.0992. The van der Waals surface area contributed by atoms with Gasteiger partial charge in [-0.3, -0.25) is 9.59 Å². The van der Waals surface area contributed by atoms with Gasteiger partial charge < -0.3 is 5.73 Å². The summed E-state index contributed by atoms with van der Waals surface area (Å²) >= 11 is 0. The highest BCUT2D eigenvalue weighted by molar-refractivity contribution is 5.99. The molecule has 0 heterocycles. The van der Waals surface area contributed by atoms with Gasteiger partial charge in [0.15, 0.2) is 5.78 Å². The van der Waals surface area contributed by atoms with E-state index in [9.17, 15) is 9.59 Å². The standard InChI is InChI=1S/C11H13NO2/c1-6-4-9(11(12)14)5-7(2)10(6)8(3)13/h4-5H,1-3H3,(H2,12,14). The van der Waals surface area contributed by atoms with Crippen molar-refractivity contribution in [1.82, 2.24) is 0 Å². The molecule has 1 rings (SSSR count). The normalized spacial score (nSPS) is 9.93. The van der Waals surface area contributed by atoms with Crippen molar-refractivity contribution in [2.45, 2.75) is 20.8 Å². The molecule has 1 aromatic carbocycles. The average molecular weight is 191 g/mol. The van der Waals surface area contributed by atoms with Crippen molar-refractivity contribution in [2.24, 2.45) is 5.73 Å². The summed E-state index contributed by atoms with van der Waals surface area (Å²) in [6, 6.07) is 3.29. The van der Waals surface area contributed by atoms with Crippen LogP contribution in [0.5, 0.6) is 0 Å². The second kappa shape index (κ2) is 3.62. The molecular weight excluding hydrogens is 178 g/mol. The molecule has 3 heteroatoms. The lowest BCUT2D eigenvalue weighted by Crippen LogP contribution is -2.13. The number of benzene rings is 1. The van der Waals surface area contributed by atoms with Crippen LogP contribution in [0.4, 0.5) is 0 Å². The van der Waals surface area contributed by atoms with Gasteiger partial charge in [0.2, 0.25) is 5.91 Å². The maximum atomic E-state index is 11.3. The van der Waals surface area contributed by atoms with E-state index in [1.165, 1.54) is 6.92 Å². The predicted molar refractivity (Wildman–Crippen MR) is 54.4 cm³/mol. The SMILES string of the molecule is CC(=O)c1c(C)cc(C(N)=O)cc1C. The van der Waals surface area contributed by atoms with Gasteiger partial charge in [0.25, 0.3) is 0 Å². The molecule has 0 bridgehead atoms. The number of rotatable bonds is 2. The Morgan fingerprint density at radius 3 is 1.86 bits per heavy atom. The molecule has 0 spiro atoms. The number of ketones is 1. The van der Waals surface area contributed by atoms with Crippen LogP contribution in [-0.4, -0.2) is 11.7 Å². The van der Waals surface area contributed by atoms with Gasteiger partial charge in [0.1, 0.15) is 0 Å². The Kier molecular flexibility index (Phi) is 2.70. The molecular formula is C11H13NO2. The largest absolute Gasteiger partial charge is 0.366 e. The minimum atomic E-state index is -0.466. The molecule has 0 aliphatic carbocycles. The van der Waals surface area contributed by atoms with Crippen molar-refractivity contribution in [3.63, 3.8) is 0 Å². The second-order valence-corrected chi connectivity index (χ2v) is 3.41. The Morgan fingerprint density at radius 1 is 1.14 bits per heavy atom. The van der Waals surface area contributed by atoms with Crippen LogP contribution < -0.4 is 5.73 Å². The first-order valence-corrected chi connectivity index (χ1v) is 4.35. The molecule has 3 nitrogen and oxygen atoms in total. The van der Waals surface area contributed by atoms with E-state index in [0.717, 1.165) is 11.1 Å². The molecule has 74 valence electrons. The van der Waals surface area contributed by atoms with Gasteiger partial charge in [-0.15, -0.1) is 0 Å². The zero-order valence-corrected chi connectivity index (χ0v) is 8.55. The molecule has 0 saturated heterocycles. The fraction of sp³-hybridized carbons (Fsp3) is 0.273. The topological polar surface area (TPSA) is 60.2 Å². The van der Waals surface area contributed by atoms with Crippen LogP contribution in [0.15, 0.2) is 12.1 Å². The molecule has 0 aromatic heterocycles. The third-order valence-electron chi connectivity index (χ3n) is 2.17. The number of nitrogens with two attached hydrogens (primary N) is 1. The minimum Gasteiger partial charge on any atom is -0.366 e. The lowest BCUT2D eigenvalue weighted by atomic mass is 9.96. The van der Waals surface area contributed by atoms with Crippen LogP contribution >= 0.6 is 0 Å². The second-order valence-electron chi connectivity index (χ2n) is 3.41. The van der Waals surface area contributed by atoms with E-state index in [2.05, 4.69) is 0 Å². The number of hydrogen-bond acceptors (Lipinski definition) is 2. The van der Waals surface area contributed by atoms with Crippen molar-refractivity contribution in [1.29, 1.82) is 0 Å². The summed E-state index contributed by atoms with van der Waals surface area (Å²) in [7, 11) is 0. The summed E-state index contributed by atoms with van der Waals surface area (Å²) in [6.07, 6.45) is 0. The maximum Gasteiger partial charge on any atom is 0.248 e. The van der Waals surface area contributed by atoms with E-state index in [1.54, 1.807) is 26.0 Å². The fourth-order valence-corrected chi connectivity index (χ4v) is 1.66. The third-order valence-corrected chi connectivity index (χ3v) is 2.17. The number of primary amides is 1. The molecule has 1 amide bonds. The highest BCUT2D eigenvalue weighted by Crippen LogP contribution is 2.16. The molecule has 0 aliphatic heterocycles. The Balaban J connectivity index is 3.39. The van der Waals surface area contributed by atoms with Gasteiger partial charge in [-0.25, -0.2) is 0 Å². The van der Waals surface area contributed by atoms with Crippen molar-refractivity contribution in [2.75, 3.05) is 0 Å². The van der Waals surface area contributed by atoms with Gasteiger partial charge in [0.05, 0.1) is 0 Å². The smallest absolute Gasteiger partial charge is 0.248 e. The van der Waals surface area contributed by atoms with Gasteiger partial charge in [0, 0.05) is 11.1 Å². The van der Waals surface area contributed by atoms with Crippen molar-refractivity contribution in [3.05, 3.63) is 34.4 Å². The number of Topliss-reactive ketones (excluding diaryl/α,β-unsaturated/α-hetero) is 1. The van der Waals surface area contributed by atoms with Crippen LogP contribution in [0.2, 0.25) is 0 Å². The van der Waals surface area contributed by atoms with Gasteiger partial charge in [-0.1, -0.05) is 0 Å². The van der Waals surface area contributed by atoms with Crippen molar-refractivity contribution in [3.8, 4) is 0 Å². The third kappa shape index (κ3) is 1.82. The zero-order chi connectivity index (χ0) is 10.9. The number of amides is 1. The Hall–Kier alpha value is -1.64. The summed E-state index contributed by atoms with van der Waals surface area (Å²) in [5, 5.41) is 0. The lowest BCUT2D eigenvalue weighted by Gasteiger charge is -2.07. The van der Waals surface area contributed by atoms with Gasteiger partial charge in [-0.05, 0) is 44.0 Å². The van der Waals surface area contributed by atoms with Crippen LogP contribution in [-0.2, 0) is 0 Å². The summed E-state index contributed by atoms with van der Waals surface area (Å²) < 4.78 is 0. The van der Waals surface area contributed by atoms with E-state index in [1.807, 2.05) is 0 Å². The summed E-state index contributed by atoms with van der Waals surface area (Å²) in [6.45, 7) is 5.12. The predicted octanol–water partition coefficient (Wildman–Crippen LogP) is 1.60. The minimum absolute atomic E-state index is 0.0102. The number of hydrogen-bond donors (Lipinski definition) is 1. The fourth-order valence-electron chi connectivity index (χ4n) is 1.66. The van der Waals surface area contributed by atoms with Crippen LogP contribution in [0.1, 0.15) is 38.8 Å². The maximum absolute atomic E-state index is 11.3. The summed E-state index contributed by atoms with van der Waals surface area (Å²) in [5.41, 5.74) is 7.87. The molecule has 0 saturated carbocycles. The van der Waals surface area contributed by atoms with Gasteiger partial charge in [-0.2, -0.15) is 0 Å². The highest BCUT2D eigenvalue weighted by Gasteiger charge is 2.11. The van der Waals surface area contributed by atoms with E-state index in [-0.39, 0.29) is 5.78 Å². The first-order chi connectivity index (χ1) is 6.43. The van der Waals surface area contributed by atoms with Gasteiger partial charge >= 0.3 is 0 Å². The summed E-state index contributed by atoms with van der Waals surface area (Å²) in [5.74, 6) is -0.456. The average Bonchev–Trinajstić information content (AvgIpc) is 2.01. The molecule has 0 aliphatic rings. The highest BCUT2D eigenvalue weighted by atomic mass is 16.1. The van der Waals surface area contributed by atoms with Crippen molar-refractivity contribution >= 4 is 11.7 Å². The number of aryl methyl sites for hydroxylation is 2. The first kappa shape index (κ1) is 10.4. The van der Waals surface area contributed by atoms with E-state index >= 15 is 0 Å². The molecule has 0 radical (unpaired) electrons. The van der Waals surface area contributed by atoms with E-state index in [0.29, 0.717) is 11.1 Å². The van der Waals surface area contributed by atoms with Crippen LogP contribution in [0, 0.1) is 13.8 Å². The molecule has 0 unspecified atom stereocenters. The first-order valence-electron chi connectivity index (χ1n) is 4.35. The summed E-state index contributed by atoms with van der Waals surface area (Å²) in [4.78, 5) is 22.2. The van der Waals surface area contributed by atoms with E-state index in [4.69, 9.17) is 5.73 Å². The van der Waals surface area contributed by atoms with Crippen molar-refractivity contribution < 1.29 is 9.59 Å². The Labute approximate surface area is 82.9 Å². The van der Waals surface area contributed by atoms with E-state index < -0.39 is 5.91 Å². The van der Waals surface area contributed by atoms with Crippen LogP contribution in [0.25, 0.3) is 0 Å². The molecule has 0 fully saturated rings. The monoisotopic (exact) mass is 191 g/mol. The Morgan fingerprint density at radius 2 is 1.57 bits per heavy atom. The number of carbonyl (C=O) groups excluding carboxylic acids is 2. The number of carbonyl (C=O) groups is 2. The van der Waals surface area contributed by atoms with Crippen LogP contribution in [0.3, 0.4) is 0 Å². The Bertz CT molecular complexity index is 385. The molecule has 1 aromatic rings. The zero-order valence-electron chi connectivity index (χ0n) is 8.55. The quantitative estimate of drug-likeness (QED) is 0.722. The molecule has 14 heavy (non-hydrogen) atoms. The molecule has 0 atom stereocenters.